The van der Waals surface area contributed by atoms with Crippen LogP contribution in [0.1, 0.15) is 12.0 Å². The van der Waals surface area contributed by atoms with Crippen LogP contribution in [0.15, 0.2) is 24.3 Å². The lowest BCUT2D eigenvalue weighted by atomic mass is 10.1. The molecule has 0 aliphatic carbocycles. The van der Waals surface area contributed by atoms with Gasteiger partial charge >= 0.3 is 0 Å². The number of nitrogens with two attached hydrogens (primary N) is 1. The number of hydrogen-bond donors (Lipinski definition) is 2. The molecule has 0 fully saturated rings. The molecule has 0 spiro atoms. The summed E-state index contributed by atoms with van der Waals surface area (Å²) in [5.74, 6) is 0.799. The average Bonchev–Trinajstić information content (AvgIpc) is 2.20. The van der Waals surface area contributed by atoms with Gasteiger partial charge in [0.1, 0.15) is 5.75 Å². The van der Waals surface area contributed by atoms with E-state index in [4.69, 9.17) is 27.8 Å². The third kappa shape index (κ3) is 4.76. The number of aliphatic hydroxyl groups excluding tert-OH is 1. The molecule has 0 saturated heterocycles. The lowest BCUT2D eigenvalue weighted by Crippen LogP contribution is -2.12. The second kappa shape index (κ2) is 6.37. The maximum Gasteiger partial charge on any atom is 0.119 e. The largest absolute Gasteiger partial charge is 0.493 e. The Balaban J connectivity index is 2.39. The molecule has 3 nitrogen and oxygen atoms in total. The molecule has 1 aromatic carbocycles. The predicted octanol–water partition coefficient (Wildman–Crippen LogP) is 1.28. The van der Waals surface area contributed by atoms with Crippen LogP contribution in [0.5, 0.6) is 5.75 Å². The van der Waals surface area contributed by atoms with Gasteiger partial charge in [-0.2, -0.15) is 0 Å². The predicted molar refractivity (Wildman–Crippen MR) is 64.1 cm³/mol. The van der Waals surface area contributed by atoms with Crippen molar-refractivity contribution in [3.8, 4) is 5.75 Å². The van der Waals surface area contributed by atoms with Crippen LogP contribution in [0.3, 0.4) is 0 Å². The fourth-order valence-corrected chi connectivity index (χ4v) is 1.23. The molecule has 0 bridgehead atoms. The van der Waals surface area contributed by atoms with E-state index in [1.807, 2.05) is 24.3 Å². The van der Waals surface area contributed by atoms with Gasteiger partial charge in [0, 0.05) is 13.0 Å². The van der Waals surface area contributed by atoms with Crippen molar-refractivity contribution in [3.05, 3.63) is 29.8 Å². The van der Waals surface area contributed by atoms with E-state index in [-0.39, 0.29) is 6.61 Å². The summed E-state index contributed by atoms with van der Waals surface area (Å²) in [6.45, 7) is 0.677. The molecule has 0 amide bonds. The molecular formula is C11H15NO2S. The molecule has 0 aromatic heterocycles. The highest BCUT2D eigenvalue weighted by molar-refractivity contribution is 7.80. The van der Waals surface area contributed by atoms with Gasteiger partial charge in [0.25, 0.3) is 0 Å². The molecule has 1 rings (SSSR count). The second-order valence-electron chi connectivity index (χ2n) is 3.18. The zero-order valence-electron chi connectivity index (χ0n) is 8.48. The maximum atomic E-state index is 8.73. The molecule has 0 saturated carbocycles. The van der Waals surface area contributed by atoms with Crippen LogP contribution in [0.4, 0.5) is 0 Å². The Morgan fingerprint density at radius 3 is 2.53 bits per heavy atom. The van der Waals surface area contributed by atoms with Crippen molar-refractivity contribution in [1.82, 2.24) is 0 Å². The van der Waals surface area contributed by atoms with Crippen LogP contribution >= 0.6 is 12.2 Å². The van der Waals surface area contributed by atoms with Crippen molar-refractivity contribution in [2.75, 3.05) is 13.2 Å². The minimum absolute atomic E-state index is 0.168. The van der Waals surface area contributed by atoms with E-state index >= 15 is 0 Å². The quantitative estimate of drug-likeness (QED) is 0.716. The molecule has 0 atom stereocenters. The van der Waals surface area contributed by atoms with Gasteiger partial charge in [0.15, 0.2) is 0 Å². The van der Waals surface area contributed by atoms with E-state index in [0.717, 1.165) is 11.3 Å². The smallest absolute Gasteiger partial charge is 0.119 e. The van der Waals surface area contributed by atoms with E-state index in [1.54, 1.807) is 0 Å². The van der Waals surface area contributed by atoms with Crippen molar-refractivity contribution in [2.24, 2.45) is 5.73 Å². The van der Waals surface area contributed by atoms with E-state index < -0.39 is 0 Å². The molecule has 3 N–H and O–H groups in total. The Bertz CT molecular complexity index is 311. The van der Waals surface area contributed by atoms with Gasteiger partial charge in [-0.25, -0.2) is 0 Å². The lowest BCUT2D eigenvalue weighted by molar-refractivity contribution is 0.299. The van der Waals surface area contributed by atoms with Gasteiger partial charge in [-0.05, 0) is 24.1 Å². The van der Waals surface area contributed by atoms with Crippen molar-refractivity contribution in [1.29, 1.82) is 0 Å². The summed E-state index contributed by atoms with van der Waals surface area (Å²) in [5, 5.41) is 8.73. The standard InChI is InChI=1S/C11H15NO2S/c12-11(15)6-8-14-10-3-1-9(2-4-10)5-7-13/h1-4,13H,5-8H2,(H2,12,15). The van der Waals surface area contributed by atoms with Gasteiger partial charge < -0.3 is 15.6 Å². The molecule has 0 heterocycles. The number of thiocarbonyl (C=S) groups is 1. The Morgan fingerprint density at radius 1 is 1.33 bits per heavy atom. The van der Waals surface area contributed by atoms with Gasteiger partial charge in [0.2, 0.25) is 0 Å². The molecule has 4 heteroatoms. The Labute approximate surface area is 94.9 Å². The highest BCUT2D eigenvalue weighted by atomic mass is 32.1. The first-order valence-electron chi connectivity index (χ1n) is 4.83. The van der Waals surface area contributed by atoms with Crippen LogP contribution < -0.4 is 10.5 Å². The number of rotatable bonds is 6. The van der Waals surface area contributed by atoms with E-state index in [1.165, 1.54) is 0 Å². The Kier molecular flexibility index (Phi) is 5.07. The number of aliphatic hydroxyl groups is 1. The molecule has 0 radical (unpaired) electrons. The summed E-state index contributed by atoms with van der Waals surface area (Å²) in [7, 11) is 0. The topological polar surface area (TPSA) is 55.5 Å². The zero-order valence-corrected chi connectivity index (χ0v) is 9.30. The molecule has 82 valence electrons. The van der Waals surface area contributed by atoms with Crippen LogP contribution in [0, 0.1) is 0 Å². The first kappa shape index (κ1) is 11.9. The van der Waals surface area contributed by atoms with Gasteiger partial charge in [-0.1, -0.05) is 24.4 Å². The summed E-state index contributed by atoms with van der Waals surface area (Å²) in [6.07, 6.45) is 1.26. The molecule has 0 aliphatic heterocycles. The van der Waals surface area contributed by atoms with Gasteiger partial charge in [-0.15, -0.1) is 0 Å². The summed E-state index contributed by atoms with van der Waals surface area (Å²) < 4.78 is 5.42. The van der Waals surface area contributed by atoms with Crippen LogP contribution in [0.25, 0.3) is 0 Å². The minimum Gasteiger partial charge on any atom is -0.493 e. The average molecular weight is 225 g/mol. The van der Waals surface area contributed by atoms with Gasteiger partial charge in [0.05, 0.1) is 11.6 Å². The fourth-order valence-electron chi connectivity index (χ4n) is 1.15. The third-order valence-electron chi connectivity index (χ3n) is 1.94. The summed E-state index contributed by atoms with van der Waals surface area (Å²) in [5.41, 5.74) is 6.44. The highest BCUT2D eigenvalue weighted by Crippen LogP contribution is 2.12. The van der Waals surface area contributed by atoms with Crippen molar-refractivity contribution in [2.45, 2.75) is 12.8 Å². The van der Waals surface area contributed by atoms with E-state index in [0.29, 0.717) is 24.4 Å². The monoisotopic (exact) mass is 225 g/mol. The Morgan fingerprint density at radius 2 is 2.00 bits per heavy atom. The molecule has 0 aliphatic rings. The third-order valence-corrected chi connectivity index (χ3v) is 2.15. The fraction of sp³-hybridized carbons (Fsp3) is 0.364. The van der Waals surface area contributed by atoms with Crippen molar-refractivity contribution < 1.29 is 9.84 Å². The van der Waals surface area contributed by atoms with Crippen LogP contribution in [0.2, 0.25) is 0 Å². The summed E-state index contributed by atoms with van der Waals surface area (Å²) in [6, 6.07) is 7.63. The first-order chi connectivity index (χ1) is 7.22. The summed E-state index contributed by atoms with van der Waals surface area (Å²) in [4.78, 5) is 0.465. The molecule has 15 heavy (non-hydrogen) atoms. The minimum atomic E-state index is 0.168. The SMILES string of the molecule is NC(=S)CCOc1ccc(CCO)cc1. The highest BCUT2D eigenvalue weighted by Gasteiger charge is 1.96. The molecular weight excluding hydrogens is 210 g/mol. The number of benzene rings is 1. The van der Waals surface area contributed by atoms with Crippen molar-refractivity contribution >= 4 is 17.2 Å². The van der Waals surface area contributed by atoms with Crippen LogP contribution in [-0.2, 0) is 6.42 Å². The zero-order chi connectivity index (χ0) is 11.1. The van der Waals surface area contributed by atoms with E-state index in [2.05, 4.69) is 0 Å². The second-order valence-corrected chi connectivity index (χ2v) is 3.71. The van der Waals surface area contributed by atoms with Gasteiger partial charge in [-0.3, -0.25) is 0 Å². The normalized spacial score (nSPS) is 9.93. The number of ether oxygens (including phenoxy) is 1. The molecule has 0 unspecified atom stereocenters. The van der Waals surface area contributed by atoms with Crippen molar-refractivity contribution in [3.63, 3.8) is 0 Å². The summed E-state index contributed by atoms with van der Waals surface area (Å²) >= 11 is 4.74. The maximum absolute atomic E-state index is 8.73. The molecule has 1 aromatic rings. The lowest BCUT2D eigenvalue weighted by Gasteiger charge is -2.06. The number of hydrogen-bond acceptors (Lipinski definition) is 3. The van der Waals surface area contributed by atoms with Crippen LogP contribution in [-0.4, -0.2) is 23.3 Å². The Hall–Kier alpha value is -1.13. The first-order valence-corrected chi connectivity index (χ1v) is 5.24. The van der Waals surface area contributed by atoms with E-state index in [9.17, 15) is 0 Å².